The molecule has 0 bridgehead atoms. The van der Waals surface area contributed by atoms with Gasteiger partial charge in [0.1, 0.15) is 5.69 Å². The number of amides is 1. The van der Waals surface area contributed by atoms with Crippen molar-refractivity contribution in [2.45, 2.75) is 52.0 Å². The minimum absolute atomic E-state index is 0.118. The van der Waals surface area contributed by atoms with Crippen molar-refractivity contribution in [1.29, 1.82) is 0 Å². The van der Waals surface area contributed by atoms with Crippen LogP contribution in [0.4, 0.5) is 0 Å². The van der Waals surface area contributed by atoms with Gasteiger partial charge in [0.05, 0.1) is 5.69 Å². The highest BCUT2D eigenvalue weighted by Crippen LogP contribution is 2.26. The molecule has 1 aromatic carbocycles. The minimum Gasteiger partial charge on any atom is -0.334 e. The largest absolute Gasteiger partial charge is 0.334 e. The van der Waals surface area contributed by atoms with Gasteiger partial charge in [-0.05, 0) is 42.9 Å². The number of carbonyl (C=O) groups is 1. The van der Waals surface area contributed by atoms with Crippen LogP contribution in [0, 0.1) is 0 Å². The second kappa shape index (κ2) is 7.20. The van der Waals surface area contributed by atoms with E-state index in [1.54, 1.807) is 4.68 Å². The summed E-state index contributed by atoms with van der Waals surface area (Å²) in [5.74, 6) is 0.118. The summed E-state index contributed by atoms with van der Waals surface area (Å²) >= 11 is 0. The van der Waals surface area contributed by atoms with Crippen molar-refractivity contribution in [3.05, 3.63) is 52.8 Å². The summed E-state index contributed by atoms with van der Waals surface area (Å²) in [6, 6.07) is 10.8. The zero-order valence-corrected chi connectivity index (χ0v) is 15.0. The van der Waals surface area contributed by atoms with Gasteiger partial charge < -0.3 is 4.90 Å². The van der Waals surface area contributed by atoms with Gasteiger partial charge in [-0.2, -0.15) is 5.10 Å². The van der Waals surface area contributed by atoms with Crippen molar-refractivity contribution in [3.8, 4) is 0 Å². The fraction of sp³-hybridized carbons (Fsp3) is 0.500. The summed E-state index contributed by atoms with van der Waals surface area (Å²) in [5, 5.41) is 4.50. The molecule has 0 fully saturated rings. The maximum Gasteiger partial charge on any atom is 0.272 e. The number of benzene rings is 1. The smallest absolute Gasteiger partial charge is 0.272 e. The van der Waals surface area contributed by atoms with Crippen LogP contribution in [0.2, 0.25) is 0 Å². The van der Waals surface area contributed by atoms with Gasteiger partial charge in [0, 0.05) is 19.6 Å². The number of nitrogens with zero attached hydrogens (tertiary/aromatic N) is 3. The molecular weight excluding hydrogens is 298 g/mol. The molecule has 2 aromatic rings. The average Bonchev–Trinajstić information content (AvgIpc) is 3.15. The Kier molecular flexibility index (Phi) is 5.03. The van der Waals surface area contributed by atoms with Crippen molar-refractivity contribution < 1.29 is 4.79 Å². The predicted octanol–water partition coefficient (Wildman–Crippen LogP) is 3.39. The molecule has 0 unspecified atom stereocenters. The fourth-order valence-electron chi connectivity index (χ4n) is 3.70. The summed E-state index contributed by atoms with van der Waals surface area (Å²) in [5.41, 5.74) is 4.48. The first kappa shape index (κ1) is 16.7. The summed E-state index contributed by atoms with van der Waals surface area (Å²) in [6.45, 7) is 5.06. The highest BCUT2D eigenvalue weighted by atomic mass is 16.2. The Bertz CT molecular complexity index is 694. The van der Waals surface area contributed by atoms with Gasteiger partial charge in [0.15, 0.2) is 0 Å². The maximum absolute atomic E-state index is 13.2. The molecule has 1 heterocycles. The van der Waals surface area contributed by atoms with Crippen molar-refractivity contribution in [3.63, 3.8) is 0 Å². The van der Waals surface area contributed by atoms with E-state index >= 15 is 0 Å². The van der Waals surface area contributed by atoms with Crippen molar-refractivity contribution in [1.82, 2.24) is 14.7 Å². The van der Waals surface area contributed by atoms with Crippen LogP contribution in [-0.4, -0.2) is 33.2 Å². The van der Waals surface area contributed by atoms with E-state index in [0.717, 1.165) is 44.3 Å². The first-order valence-corrected chi connectivity index (χ1v) is 9.04. The van der Waals surface area contributed by atoms with Crippen LogP contribution in [0.15, 0.2) is 30.3 Å². The SMILES string of the molecule is CCCc1cc(C(=O)N(CCC)C2Cc3ccccc3C2)n(C)n1. The van der Waals surface area contributed by atoms with E-state index < -0.39 is 0 Å². The standard InChI is InChI=1S/C20H27N3O/c1-4-8-17-14-19(22(3)21-17)20(24)23(11-5-2)18-12-15-9-6-7-10-16(15)13-18/h6-7,9-10,14,18H,4-5,8,11-13H2,1-3H3. The molecule has 0 saturated heterocycles. The van der Waals surface area contributed by atoms with Crippen molar-refractivity contribution in [2.24, 2.45) is 7.05 Å². The third-order valence-electron chi connectivity index (χ3n) is 4.85. The Balaban J connectivity index is 1.82. The van der Waals surface area contributed by atoms with Gasteiger partial charge in [-0.15, -0.1) is 0 Å². The van der Waals surface area contributed by atoms with E-state index in [2.05, 4.69) is 48.1 Å². The maximum atomic E-state index is 13.2. The Hall–Kier alpha value is -2.10. The van der Waals surface area contributed by atoms with E-state index in [-0.39, 0.29) is 11.9 Å². The first-order valence-electron chi connectivity index (χ1n) is 9.04. The summed E-state index contributed by atoms with van der Waals surface area (Å²) in [7, 11) is 1.87. The molecule has 1 aliphatic carbocycles. The molecule has 0 aliphatic heterocycles. The van der Waals surface area contributed by atoms with Crippen LogP contribution >= 0.6 is 0 Å². The third kappa shape index (κ3) is 3.23. The van der Waals surface area contributed by atoms with Crippen LogP contribution in [0.25, 0.3) is 0 Å². The van der Waals surface area contributed by atoms with Crippen LogP contribution in [0.1, 0.15) is 54.0 Å². The molecule has 3 rings (SSSR count). The topological polar surface area (TPSA) is 38.1 Å². The minimum atomic E-state index is 0.118. The van der Waals surface area contributed by atoms with Crippen molar-refractivity contribution in [2.75, 3.05) is 6.54 Å². The molecule has 4 heteroatoms. The first-order chi connectivity index (χ1) is 11.6. The Morgan fingerprint density at radius 1 is 1.21 bits per heavy atom. The Morgan fingerprint density at radius 2 is 1.88 bits per heavy atom. The summed E-state index contributed by atoms with van der Waals surface area (Å²) in [6.07, 6.45) is 4.85. The highest BCUT2D eigenvalue weighted by molar-refractivity contribution is 5.93. The van der Waals surface area contributed by atoms with Gasteiger partial charge in [-0.25, -0.2) is 0 Å². The van der Waals surface area contributed by atoms with Crippen LogP contribution in [0.3, 0.4) is 0 Å². The monoisotopic (exact) mass is 325 g/mol. The number of hydrogen-bond acceptors (Lipinski definition) is 2. The molecule has 0 N–H and O–H groups in total. The zero-order valence-electron chi connectivity index (χ0n) is 15.0. The van der Waals surface area contributed by atoms with Gasteiger partial charge in [0.2, 0.25) is 0 Å². The van der Waals surface area contributed by atoms with E-state index in [1.807, 2.05) is 13.1 Å². The highest BCUT2D eigenvalue weighted by Gasteiger charge is 2.31. The number of aryl methyl sites for hydroxylation is 2. The molecule has 0 atom stereocenters. The Morgan fingerprint density at radius 3 is 2.46 bits per heavy atom. The fourth-order valence-corrected chi connectivity index (χ4v) is 3.70. The quantitative estimate of drug-likeness (QED) is 0.816. The average molecular weight is 325 g/mol. The lowest BCUT2D eigenvalue weighted by atomic mass is 10.1. The number of aromatic nitrogens is 2. The molecule has 0 radical (unpaired) electrons. The van der Waals surface area contributed by atoms with E-state index in [0.29, 0.717) is 5.69 Å². The second-order valence-electron chi connectivity index (χ2n) is 6.72. The van der Waals surface area contributed by atoms with Gasteiger partial charge >= 0.3 is 0 Å². The molecule has 1 aromatic heterocycles. The lowest BCUT2D eigenvalue weighted by molar-refractivity contribution is 0.0673. The second-order valence-corrected chi connectivity index (χ2v) is 6.72. The van der Waals surface area contributed by atoms with Gasteiger partial charge in [-0.1, -0.05) is 44.5 Å². The van der Waals surface area contributed by atoms with E-state index in [4.69, 9.17) is 0 Å². The molecule has 4 nitrogen and oxygen atoms in total. The number of carbonyl (C=O) groups excluding carboxylic acids is 1. The lowest BCUT2D eigenvalue weighted by Gasteiger charge is -2.28. The van der Waals surface area contributed by atoms with E-state index in [9.17, 15) is 4.79 Å². The van der Waals surface area contributed by atoms with Crippen molar-refractivity contribution >= 4 is 5.91 Å². The number of rotatable bonds is 6. The molecular formula is C20H27N3O. The van der Waals surface area contributed by atoms with Gasteiger partial charge in [0.25, 0.3) is 5.91 Å². The normalized spacial score (nSPS) is 14.0. The molecule has 128 valence electrons. The summed E-state index contributed by atoms with van der Waals surface area (Å²) in [4.78, 5) is 15.2. The molecule has 1 aliphatic rings. The predicted molar refractivity (Wildman–Crippen MR) is 96.2 cm³/mol. The molecule has 0 saturated carbocycles. The molecule has 1 amide bonds. The van der Waals surface area contributed by atoms with Crippen LogP contribution in [0.5, 0.6) is 0 Å². The number of fused-ring (bicyclic) bond motifs is 1. The third-order valence-corrected chi connectivity index (χ3v) is 4.85. The van der Waals surface area contributed by atoms with Gasteiger partial charge in [-0.3, -0.25) is 9.48 Å². The molecule has 0 spiro atoms. The van der Waals surface area contributed by atoms with Crippen LogP contribution in [-0.2, 0) is 26.3 Å². The lowest BCUT2D eigenvalue weighted by Crippen LogP contribution is -2.42. The zero-order chi connectivity index (χ0) is 17.1. The molecule has 24 heavy (non-hydrogen) atoms. The number of hydrogen-bond donors (Lipinski definition) is 0. The van der Waals surface area contributed by atoms with Crippen LogP contribution < -0.4 is 0 Å². The Labute approximate surface area is 144 Å². The summed E-state index contributed by atoms with van der Waals surface area (Å²) < 4.78 is 1.75. The van der Waals surface area contributed by atoms with E-state index in [1.165, 1.54) is 11.1 Å².